The Morgan fingerprint density at radius 2 is 1.90 bits per heavy atom. The van der Waals surface area contributed by atoms with E-state index in [0.29, 0.717) is 28.6 Å². The van der Waals surface area contributed by atoms with Gasteiger partial charge in [-0.3, -0.25) is 14.4 Å². The number of esters is 1. The first-order valence-electron chi connectivity index (χ1n) is 13.3. The van der Waals surface area contributed by atoms with Crippen LogP contribution < -0.4 is 10.6 Å². The van der Waals surface area contributed by atoms with Crippen molar-refractivity contribution in [2.24, 2.45) is 11.3 Å². The van der Waals surface area contributed by atoms with Gasteiger partial charge in [0, 0.05) is 21.9 Å². The van der Waals surface area contributed by atoms with Gasteiger partial charge in [0.2, 0.25) is 11.8 Å². The Hall–Kier alpha value is -2.85. The number of thiophene rings is 1. The first kappa shape index (κ1) is 30.7. The molecule has 0 saturated carbocycles. The van der Waals surface area contributed by atoms with E-state index in [1.807, 2.05) is 13.0 Å². The van der Waals surface area contributed by atoms with E-state index >= 15 is 0 Å². The lowest BCUT2D eigenvalue weighted by atomic mass is 9.72. The van der Waals surface area contributed by atoms with Crippen molar-refractivity contribution in [3.8, 4) is 0 Å². The molecule has 2 unspecified atom stereocenters. The van der Waals surface area contributed by atoms with Gasteiger partial charge < -0.3 is 20.5 Å². The molecule has 3 rings (SSSR count). The van der Waals surface area contributed by atoms with Gasteiger partial charge >= 0.3 is 11.9 Å². The SMILES string of the molecule is CCOC(=O)c1c(NC(=O)C(CC)Sc2cccc(NC(=O)CCC(=O)O)c2)sc2c1CCC(C(C)(C)C)C2. The highest BCUT2D eigenvalue weighted by molar-refractivity contribution is 8.00. The van der Waals surface area contributed by atoms with E-state index in [1.54, 1.807) is 25.1 Å². The molecular weight excluding hydrogens is 536 g/mol. The first-order valence-corrected chi connectivity index (χ1v) is 15.0. The predicted octanol–water partition coefficient (Wildman–Crippen LogP) is 6.39. The second kappa shape index (κ2) is 13.5. The average molecular weight is 575 g/mol. The lowest BCUT2D eigenvalue weighted by Gasteiger charge is -2.33. The van der Waals surface area contributed by atoms with Crippen LogP contribution in [-0.4, -0.2) is 40.7 Å². The summed E-state index contributed by atoms with van der Waals surface area (Å²) in [5.41, 5.74) is 2.18. The Balaban J connectivity index is 1.76. The second-order valence-corrected chi connectivity index (χ2v) is 13.1. The van der Waals surface area contributed by atoms with Gasteiger partial charge in [-0.15, -0.1) is 23.1 Å². The molecule has 0 spiro atoms. The summed E-state index contributed by atoms with van der Waals surface area (Å²) < 4.78 is 5.37. The molecule has 0 saturated heterocycles. The number of amides is 2. The third-order valence-electron chi connectivity index (χ3n) is 6.83. The monoisotopic (exact) mass is 574 g/mol. The molecule has 2 atom stereocenters. The Kier molecular flexibility index (Phi) is 10.6. The minimum absolute atomic E-state index is 0.114. The van der Waals surface area contributed by atoms with Crippen molar-refractivity contribution in [2.75, 3.05) is 17.2 Å². The van der Waals surface area contributed by atoms with E-state index in [9.17, 15) is 19.2 Å². The number of fused-ring (bicyclic) bond motifs is 1. The van der Waals surface area contributed by atoms with Gasteiger partial charge in [0.15, 0.2) is 0 Å². The van der Waals surface area contributed by atoms with E-state index < -0.39 is 17.2 Å². The lowest BCUT2D eigenvalue weighted by Crippen LogP contribution is -2.27. The standard InChI is InChI=1S/C29H38N2O6S2/c1-6-21(38-19-10-8-9-18(16-19)30-23(32)13-14-24(33)34)26(35)31-27-25(28(36)37-7-2)20-12-11-17(29(3,4)5)15-22(20)39-27/h8-10,16-17,21H,6-7,11-15H2,1-5H3,(H,30,32)(H,31,35)(H,33,34). The maximum atomic E-state index is 13.4. The highest BCUT2D eigenvalue weighted by atomic mass is 32.2. The topological polar surface area (TPSA) is 122 Å². The number of thioether (sulfide) groups is 1. The Morgan fingerprint density at radius 1 is 1.15 bits per heavy atom. The lowest BCUT2D eigenvalue weighted by molar-refractivity contribution is -0.138. The summed E-state index contributed by atoms with van der Waals surface area (Å²) in [5.74, 6) is -1.51. The number of anilines is 2. The number of hydrogen-bond donors (Lipinski definition) is 3. The van der Waals surface area contributed by atoms with Crippen LogP contribution in [0.4, 0.5) is 10.7 Å². The number of carboxylic acids is 1. The minimum Gasteiger partial charge on any atom is -0.481 e. The van der Waals surface area contributed by atoms with Crippen LogP contribution in [0.3, 0.4) is 0 Å². The van der Waals surface area contributed by atoms with Gasteiger partial charge in [0.25, 0.3) is 0 Å². The van der Waals surface area contributed by atoms with Crippen LogP contribution in [0.25, 0.3) is 0 Å². The average Bonchev–Trinajstić information content (AvgIpc) is 3.23. The van der Waals surface area contributed by atoms with Crippen LogP contribution in [-0.2, 0) is 32.0 Å². The Bertz CT molecular complexity index is 1220. The Labute approximate surface area is 238 Å². The van der Waals surface area contributed by atoms with E-state index in [1.165, 1.54) is 23.1 Å². The van der Waals surface area contributed by atoms with Crippen molar-refractivity contribution in [3.63, 3.8) is 0 Å². The summed E-state index contributed by atoms with van der Waals surface area (Å²) >= 11 is 2.85. The normalized spacial score (nSPS) is 15.7. The van der Waals surface area contributed by atoms with Gasteiger partial charge in [-0.25, -0.2) is 4.79 Å². The third kappa shape index (κ3) is 8.32. The zero-order chi connectivity index (χ0) is 28.7. The number of hydrogen-bond acceptors (Lipinski definition) is 7. The molecule has 2 aromatic rings. The van der Waals surface area contributed by atoms with Crippen LogP contribution in [0, 0.1) is 11.3 Å². The van der Waals surface area contributed by atoms with Crippen molar-refractivity contribution >= 4 is 57.5 Å². The van der Waals surface area contributed by atoms with Gasteiger partial charge in [-0.1, -0.05) is 33.8 Å². The molecule has 0 radical (unpaired) electrons. The van der Waals surface area contributed by atoms with Crippen LogP contribution in [0.2, 0.25) is 0 Å². The predicted molar refractivity (Wildman–Crippen MR) is 156 cm³/mol. The molecule has 8 nitrogen and oxygen atoms in total. The molecule has 1 aromatic heterocycles. The highest BCUT2D eigenvalue weighted by Gasteiger charge is 2.35. The number of ether oxygens (including phenoxy) is 1. The quantitative estimate of drug-likeness (QED) is 0.210. The fourth-order valence-electron chi connectivity index (χ4n) is 4.60. The number of carboxylic acid groups (broad SMARTS) is 1. The summed E-state index contributed by atoms with van der Waals surface area (Å²) in [7, 11) is 0. The summed E-state index contributed by atoms with van der Waals surface area (Å²) in [6.45, 7) is 10.7. The van der Waals surface area contributed by atoms with Gasteiger partial charge in [-0.2, -0.15) is 0 Å². The van der Waals surface area contributed by atoms with E-state index in [2.05, 4.69) is 31.4 Å². The molecule has 39 heavy (non-hydrogen) atoms. The molecule has 3 N–H and O–H groups in total. The zero-order valence-corrected chi connectivity index (χ0v) is 24.9. The summed E-state index contributed by atoms with van der Waals surface area (Å²) in [6.07, 6.45) is 2.85. The molecule has 10 heteroatoms. The third-order valence-corrected chi connectivity index (χ3v) is 9.36. The molecule has 0 bridgehead atoms. The fraction of sp³-hybridized carbons (Fsp3) is 0.517. The molecule has 1 aliphatic carbocycles. The number of aliphatic carboxylic acids is 1. The van der Waals surface area contributed by atoms with Crippen molar-refractivity contribution in [1.82, 2.24) is 0 Å². The maximum absolute atomic E-state index is 13.4. The molecule has 0 fully saturated rings. The number of nitrogens with one attached hydrogen (secondary N) is 2. The molecule has 1 heterocycles. The van der Waals surface area contributed by atoms with Crippen molar-refractivity contribution in [3.05, 3.63) is 40.3 Å². The zero-order valence-electron chi connectivity index (χ0n) is 23.2. The van der Waals surface area contributed by atoms with E-state index in [4.69, 9.17) is 9.84 Å². The summed E-state index contributed by atoms with van der Waals surface area (Å²) in [4.78, 5) is 51.1. The van der Waals surface area contributed by atoms with Crippen molar-refractivity contribution in [1.29, 1.82) is 0 Å². The summed E-state index contributed by atoms with van der Waals surface area (Å²) in [5, 5.41) is 14.6. The smallest absolute Gasteiger partial charge is 0.341 e. The van der Waals surface area contributed by atoms with E-state index in [0.717, 1.165) is 34.6 Å². The minimum atomic E-state index is -1.03. The second-order valence-electron chi connectivity index (χ2n) is 10.7. The Morgan fingerprint density at radius 3 is 2.54 bits per heavy atom. The highest BCUT2D eigenvalue weighted by Crippen LogP contribution is 2.44. The van der Waals surface area contributed by atoms with Crippen LogP contribution >= 0.6 is 23.1 Å². The molecule has 1 aromatic carbocycles. The van der Waals surface area contributed by atoms with Crippen molar-refractivity contribution in [2.45, 2.75) is 83.3 Å². The van der Waals surface area contributed by atoms with Crippen molar-refractivity contribution < 1.29 is 29.0 Å². The van der Waals surface area contributed by atoms with Gasteiger partial charge in [-0.05, 0) is 67.7 Å². The summed E-state index contributed by atoms with van der Waals surface area (Å²) in [6, 6.07) is 7.11. The van der Waals surface area contributed by atoms with Crippen LogP contribution in [0.1, 0.15) is 81.1 Å². The number of rotatable bonds is 11. The number of carbonyl (C=O) groups is 4. The molecule has 1 aliphatic rings. The largest absolute Gasteiger partial charge is 0.481 e. The van der Waals surface area contributed by atoms with Crippen LogP contribution in [0.15, 0.2) is 29.2 Å². The molecule has 212 valence electrons. The first-order chi connectivity index (χ1) is 18.4. The molecular formula is C29H38N2O6S2. The van der Waals surface area contributed by atoms with Gasteiger partial charge in [0.05, 0.1) is 23.8 Å². The van der Waals surface area contributed by atoms with Crippen LogP contribution in [0.5, 0.6) is 0 Å². The molecule has 2 amide bonds. The fourth-order valence-corrected chi connectivity index (χ4v) is 6.93. The number of benzene rings is 1. The number of carbonyl (C=O) groups excluding carboxylic acids is 3. The van der Waals surface area contributed by atoms with E-state index in [-0.39, 0.29) is 36.7 Å². The molecule has 0 aliphatic heterocycles. The maximum Gasteiger partial charge on any atom is 0.341 e. The van der Waals surface area contributed by atoms with Gasteiger partial charge in [0.1, 0.15) is 5.00 Å².